The van der Waals surface area contributed by atoms with Crippen molar-refractivity contribution in [2.24, 2.45) is 0 Å². The van der Waals surface area contributed by atoms with Crippen molar-refractivity contribution < 1.29 is 26.3 Å². The van der Waals surface area contributed by atoms with Gasteiger partial charge in [-0.2, -0.15) is 26.3 Å². The molecule has 2 saturated heterocycles. The Kier molecular flexibility index (Phi) is 15.1. The summed E-state index contributed by atoms with van der Waals surface area (Å²) in [6.07, 6.45) is -7.10. The highest BCUT2D eigenvalue weighted by atomic mass is 32.2. The van der Waals surface area contributed by atoms with Gasteiger partial charge in [0.1, 0.15) is 0 Å². The number of nitrogens with zero attached hydrogens (tertiary/aromatic N) is 8. The Morgan fingerprint density at radius 3 is 1.50 bits per heavy atom. The van der Waals surface area contributed by atoms with Gasteiger partial charge >= 0.3 is 12.4 Å². The minimum Gasteiger partial charge on any atom is -0.340 e. The van der Waals surface area contributed by atoms with Gasteiger partial charge in [0.05, 0.1) is 33.9 Å². The Labute approximate surface area is 383 Å². The van der Waals surface area contributed by atoms with Crippen molar-refractivity contribution in [3.05, 3.63) is 96.1 Å². The second-order valence-corrected chi connectivity index (χ2v) is 19.9. The monoisotopic (exact) mass is 926 g/mol. The van der Waals surface area contributed by atoms with E-state index in [2.05, 4.69) is 60.3 Å². The highest BCUT2D eigenvalue weighted by Gasteiger charge is 2.35. The summed E-state index contributed by atoms with van der Waals surface area (Å²) in [4.78, 5) is 22.9. The molecule has 4 heterocycles. The van der Waals surface area contributed by atoms with Gasteiger partial charge < -0.3 is 29.4 Å². The molecule has 4 aliphatic rings. The first-order valence-corrected chi connectivity index (χ1v) is 24.1. The topological polar surface area (TPSA) is 25.9 Å². The summed E-state index contributed by atoms with van der Waals surface area (Å²) in [5.41, 5.74) is 1.96. The molecule has 64 heavy (non-hydrogen) atoms. The van der Waals surface area contributed by atoms with Gasteiger partial charge in [0.15, 0.2) is 0 Å². The number of hydrogen-bond donors (Lipinski definition) is 0. The van der Waals surface area contributed by atoms with E-state index in [-0.39, 0.29) is 0 Å². The van der Waals surface area contributed by atoms with Crippen LogP contribution in [0.25, 0.3) is 0 Å². The Hall–Kier alpha value is -3.48. The molecule has 8 rings (SSSR count). The van der Waals surface area contributed by atoms with Gasteiger partial charge in [-0.3, -0.25) is 9.80 Å². The van der Waals surface area contributed by atoms with Gasteiger partial charge in [0, 0.05) is 117 Å². The minimum atomic E-state index is -4.40. The smallest absolute Gasteiger partial charge is 0.340 e. The molecule has 0 radical (unpaired) electrons. The number of hydrogen-bond acceptors (Lipinski definition) is 10. The van der Waals surface area contributed by atoms with Crippen LogP contribution in [0.5, 0.6) is 0 Å². The van der Waals surface area contributed by atoms with Crippen LogP contribution in [0, 0.1) is 0 Å². The fourth-order valence-electron chi connectivity index (χ4n) is 9.35. The van der Waals surface area contributed by atoms with Crippen molar-refractivity contribution in [3.8, 4) is 0 Å². The Balaban J connectivity index is 0.808. The fourth-order valence-corrected chi connectivity index (χ4v) is 11.5. The Morgan fingerprint density at radius 2 is 0.984 bits per heavy atom. The number of halogens is 6. The molecule has 16 heteroatoms. The number of rotatable bonds is 16. The van der Waals surface area contributed by atoms with E-state index in [1.165, 1.54) is 47.8 Å². The summed E-state index contributed by atoms with van der Waals surface area (Å²) in [7, 11) is 6.46. The van der Waals surface area contributed by atoms with Gasteiger partial charge in [0.2, 0.25) is 0 Å². The molecule has 0 saturated carbocycles. The van der Waals surface area contributed by atoms with Crippen molar-refractivity contribution in [3.63, 3.8) is 0 Å². The lowest BCUT2D eigenvalue weighted by Gasteiger charge is -2.44. The molecule has 0 aliphatic carbocycles. The predicted molar refractivity (Wildman–Crippen MR) is 248 cm³/mol. The maximum absolute atomic E-state index is 13.8. The Bertz CT molecular complexity index is 2180. The molecule has 346 valence electrons. The van der Waals surface area contributed by atoms with Crippen LogP contribution in [0.3, 0.4) is 0 Å². The lowest BCUT2D eigenvalue weighted by Crippen LogP contribution is -2.58. The maximum Gasteiger partial charge on any atom is 0.416 e. The molecule has 2 fully saturated rings. The van der Waals surface area contributed by atoms with Crippen molar-refractivity contribution in [2.75, 3.05) is 136 Å². The van der Waals surface area contributed by atoms with Crippen LogP contribution >= 0.6 is 23.5 Å². The number of piperazine rings is 2. The zero-order valence-corrected chi connectivity index (χ0v) is 38.7. The van der Waals surface area contributed by atoms with E-state index in [4.69, 9.17) is 0 Å². The average molecular weight is 927 g/mol. The number of fused-ring (bicyclic) bond motifs is 4. The molecular weight excluding hydrogens is 867 g/mol. The summed E-state index contributed by atoms with van der Waals surface area (Å²) >= 11 is 3.06. The highest BCUT2D eigenvalue weighted by Crippen LogP contribution is 2.51. The molecule has 4 aromatic carbocycles. The molecule has 0 bridgehead atoms. The molecule has 8 nitrogen and oxygen atoms in total. The average Bonchev–Trinajstić information content (AvgIpc) is 3.27. The van der Waals surface area contributed by atoms with E-state index in [0.717, 1.165) is 135 Å². The quantitative estimate of drug-likeness (QED) is 0.101. The van der Waals surface area contributed by atoms with Crippen molar-refractivity contribution in [2.45, 2.75) is 50.8 Å². The van der Waals surface area contributed by atoms with Gasteiger partial charge in [-0.05, 0) is 108 Å². The molecule has 0 amide bonds. The third-order valence-corrected chi connectivity index (χ3v) is 15.2. The zero-order chi connectivity index (χ0) is 45.0. The first-order valence-electron chi connectivity index (χ1n) is 22.5. The van der Waals surface area contributed by atoms with Crippen LogP contribution in [-0.2, 0) is 12.4 Å². The first kappa shape index (κ1) is 47.0. The molecule has 4 aromatic rings. The van der Waals surface area contributed by atoms with E-state index >= 15 is 0 Å². The van der Waals surface area contributed by atoms with E-state index in [1.807, 2.05) is 48.5 Å². The predicted octanol–water partition coefficient (Wildman–Crippen LogP) is 9.51. The first-order chi connectivity index (χ1) is 30.7. The number of anilines is 4. The standard InChI is InChI=1S/C48H60F6N8S2/c1-55(2)22-30-60-31-29-59(19-9-21-62-40-11-5-7-13-44(40)64-46-17-15-37(33-42(46)62)48(52,53)54)35-38(60)34-56(3)23-24-58-27-25-57(26-28-58)18-8-20-61-39-10-4-6-12-43(39)63-45-16-14-36(32-41(45)61)47(49,50)51/h4-7,10-17,32-33,38H,8-9,18-31,34-35H2,1-3H3. The summed E-state index contributed by atoms with van der Waals surface area (Å²) in [5, 5.41) is 0. The zero-order valence-electron chi connectivity index (χ0n) is 37.1. The molecule has 0 spiro atoms. The lowest BCUT2D eigenvalue weighted by atomic mass is 10.1. The SMILES string of the molecule is CN(C)CCN1CCN(CCCN2c3ccccc3Sc3ccc(C(F)(F)F)cc32)CC1CN(C)CCN1CCN(CCCN2c3ccccc3Sc3ccc(C(F)(F)F)cc32)CC1. The van der Waals surface area contributed by atoms with Gasteiger partial charge in [-0.15, -0.1) is 0 Å². The highest BCUT2D eigenvalue weighted by molar-refractivity contribution is 8.00. The summed E-state index contributed by atoms with van der Waals surface area (Å²) < 4.78 is 82.5. The van der Waals surface area contributed by atoms with Crippen LogP contribution in [0.1, 0.15) is 24.0 Å². The van der Waals surface area contributed by atoms with Crippen LogP contribution in [0.4, 0.5) is 49.1 Å². The fraction of sp³-hybridized carbons (Fsp3) is 0.500. The molecule has 4 aliphatic heterocycles. The largest absolute Gasteiger partial charge is 0.416 e. The van der Waals surface area contributed by atoms with Crippen LogP contribution < -0.4 is 9.80 Å². The second kappa shape index (κ2) is 20.6. The van der Waals surface area contributed by atoms with Crippen LogP contribution in [-0.4, -0.2) is 161 Å². The van der Waals surface area contributed by atoms with Crippen molar-refractivity contribution in [1.29, 1.82) is 0 Å². The third kappa shape index (κ3) is 11.5. The van der Waals surface area contributed by atoms with Crippen molar-refractivity contribution >= 4 is 46.3 Å². The molecule has 0 N–H and O–H groups in total. The third-order valence-electron chi connectivity index (χ3n) is 12.9. The number of benzene rings is 4. The van der Waals surface area contributed by atoms with Crippen LogP contribution in [0.15, 0.2) is 105 Å². The molecule has 1 unspecified atom stereocenters. The van der Waals surface area contributed by atoms with E-state index in [1.54, 1.807) is 12.1 Å². The lowest BCUT2D eigenvalue weighted by molar-refractivity contribution is -0.138. The summed E-state index contributed by atoms with van der Waals surface area (Å²) in [6.45, 7) is 14.8. The van der Waals surface area contributed by atoms with E-state index < -0.39 is 23.5 Å². The van der Waals surface area contributed by atoms with Crippen molar-refractivity contribution in [1.82, 2.24) is 29.4 Å². The number of para-hydroxylation sites is 2. The summed E-state index contributed by atoms with van der Waals surface area (Å²) in [6, 6.07) is 24.5. The van der Waals surface area contributed by atoms with Gasteiger partial charge in [0.25, 0.3) is 0 Å². The normalized spacial score (nSPS) is 19.0. The Morgan fingerprint density at radius 1 is 0.516 bits per heavy atom. The summed E-state index contributed by atoms with van der Waals surface area (Å²) in [5.74, 6) is 0. The molecular formula is C48H60F6N8S2. The maximum atomic E-state index is 13.8. The molecule has 1 atom stereocenters. The van der Waals surface area contributed by atoms with E-state index in [9.17, 15) is 26.3 Å². The molecule has 0 aromatic heterocycles. The van der Waals surface area contributed by atoms with Crippen LogP contribution in [0.2, 0.25) is 0 Å². The minimum absolute atomic E-state index is 0.371. The second-order valence-electron chi connectivity index (χ2n) is 17.7. The number of alkyl halides is 6. The van der Waals surface area contributed by atoms with E-state index in [0.29, 0.717) is 30.5 Å². The number of likely N-dealkylation sites (N-methyl/N-ethyl adjacent to an activating group) is 2. The van der Waals surface area contributed by atoms with Gasteiger partial charge in [-0.25, -0.2) is 0 Å². The van der Waals surface area contributed by atoms with Gasteiger partial charge in [-0.1, -0.05) is 47.8 Å².